The number of nitrogens with one attached hydrogen (secondary N) is 1. The SMILES string of the molecule is Cc1ccc(O[C@H](C)C(=O)N[C@H](C)c2ccc(-n3ccnc3)cc2)cc1. The largest absolute Gasteiger partial charge is 0.481 e. The van der Waals surface area contributed by atoms with E-state index in [4.69, 9.17) is 4.74 Å². The van der Waals surface area contributed by atoms with Crippen LogP contribution < -0.4 is 10.1 Å². The summed E-state index contributed by atoms with van der Waals surface area (Å²) in [6.07, 6.45) is 4.83. The first-order chi connectivity index (χ1) is 12.5. The standard InChI is InChI=1S/C21H23N3O2/c1-15-4-10-20(11-5-15)26-17(3)21(25)23-16(2)18-6-8-19(9-7-18)24-13-12-22-14-24/h4-14,16-17H,1-3H3,(H,23,25)/t16-,17-/m1/s1. The number of aryl methyl sites for hydroxylation is 1. The lowest BCUT2D eigenvalue weighted by Crippen LogP contribution is -2.37. The van der Waals surface area contributed by atoms with Crippen molar-refractivity contribution in [3.8, 4) is 11.4 Å². The number of hydrogen-bond donors (Lipinski definition) is 1. The van der Waals surface area contributed by atoms with Crippen LogP contribution in [0.3, 0.4) is 0 Å². The zero-order chi connectivity index (χ0) is 18.5. The summed E-state index contributed by atoms with van der Waals surface area (Å²) in [5.74, 6) is 0.548. The maximum absolute atomic E-state index is 12.4. The molecule has 2 atom stereocenters. The van der Waals surface area contributed by atoms with Crippen molar-refractivity contribution in [1.82, 2.24) is 14.9 Å². The molecule has 1 aromatic heterocycles. The highest BCUT2D eigenvalue weighted by molar-refractivity contribution is 5.81. The van der Waals surface area contributed by atoms with Crippen molar-refractivity contribution in [2.75, 3.05) is 0 Å². The molecule has 3 aromatic rings. The van der Waals surface area contributed by atoms with Gasteiger partial charge in [0.25, 0.3) is 5.91 Å². The number of ether oxygens (including phenoxy) is 1. The summed E-state index contributed by atoms with van der Waals surface area (Å²) in [6, 6.07) is 15.6. The first kappa shape index (κ1) is 17.7. The molecule has 2 aromatic carbocycles. The van der Waals surface area contributed by atoms with Gasteiger partial charge in [0, 0.05) is 18.1 Å². The van der Waals surface area contributed by atoms with Crippen LogP contribution in [-0.2, 0) is 4.79 Å². The van der Waals surface area contributed by atoms with Gasteiger partial charge in [-0.2, -0.15) is 0 Å². The number of hydrogen-bond acceptors (Lipinski definition) is 3. The van der Waals surface area contributed by atoms with Gasteiger partial charge >= 0.3 is 0 Å². The van der Waals surface area contributed by atoms with Crippen LogP contribution in [0.1, 0.15) is 31.0 Å². The number of rotatable bonds is 6. The fraction of sp³-hybridized carbons (Fsp3) is 0.238. The molecule has 0 spiro atoms. The molecule has 5 heteroatoms. The second-order valence-electron chi connectivity index (χ2n) is 6.36. The summed E-state index contributed by atoms with van der Waals surface area (Å²) in [6.45, 7) is 5.73. The molecule has 0 radical (unpaired) electrons. The van der Waals surface area contributed by atoms with Gasteiger partial charge in [-0.05, 0) is 50.6 Å². The van der Waals surface area contributed by atoms with Gasteiger partial charge in [-0.1, -0.05) is 29.8 Å². The third kappa shape index (κ3) is 4.30. The van der Waals surface area contributed by atoms with Crippen molar-refractivity contribution in [3.05, 3.63) is 78.4 Å². The highest BCUT2D eigenvalue weighted by Gasteiger charge is 2.17. The summed E-state index contributed by atoms with van der Waals surface area (Å²) in [4.78, 5) is 16.4. The van der Waals surface area contributed by atoms with Crippen LogP contribution in [0.2, 0.25) is 0 Å². The van der Waals surface area contributed by atoms with E-state index in [1.807, 2.05) is 73.1 Å². The molecule has 0 aliphatic carbocycles. The van der Waals surface area contributed by atoms with Crippen LogP contribution in [0.4, 0.5) is 0 Å². The minimum absolute atomic E-state index is 0.108. The molecule has 0 aliphatic heterocycles. The summed E-state index contributed by atoms with van der Waals surface area (Å²) in [5, 5.41) is 3.00. The fourth-order valence-corrected chi connectivity index (χ4v) is 2.64. The van der Waals surface area contributed by atoms with Crippen LogP contribution in [0, 0.1) is 6.92 Å². The van der Waals surface area contributed by atoms with E-state index < -0.39 is 6.10 Å². The molecule has 0 bridgehead atoms. The molecule has 0 saturated heterocycles. The van der Waals surface area contributed by atoms with Crippen molar-refractivity contribution >= 4 is 5.91 Å². The highest BCUT2D eigenvalue weighted by atomic mass is 16.5. The zero-order valence-corrected chi connectivity index (χ0v) is 15.2. The average molecular weight is 349 g/mol. The minimum atomic E-state index is -0.564. The molecule has 26 heavy (non-hydrogen) atoms. The van der Waals surface area contributed by atoms with Crippen LogP contribution in [0.25, 0.3) is 5.69 Å². The van der Waals surface area contributed by atoms with Gasteiger partial charge in [-0.25, -0.2) is 4.98 Å². The quantitative estimate of drug-likeness (QED) is 0.736. The first-order valence-corrected chi connectivity index (χ1v) is 8.65. The molecule has 1 heterocycles. The summed E-state index contributed by atoms with van der Waals surface area (Å²) < 4.78 is 7.65. The fourth-order valence-electron chi connectivity index (χ4n) is 2.64. The van der Waals surface area contributed by atoms with Gasteiger partial charge in [-0.3, -0.25) is 4.79 Å². The van der Waals surface area contributed by atoms with E-state index in [-0.39, 0.29) is 11.9 Å². The van der Waals surface area contributed by atoms with Crippen LogP contribution in [0.5, 0.6) is 5.75 Å². The lowest BCUT2D eigenvalue weighted by Gasteiger charge is -2.19. The minimum Gasteiger partial charge on any atom is -0.481 e. The molecule has 0 fully saturated rings. The van der Waals surface area contributed by atoms with Crippen LogP contribution in [-0.4, -0.2) is 21.6 Å². The molecule has 1 amide bonds. The summed E-state index contributed by atoms with van der Waals surface area (Å²) in [7, 11) is 0. The van der Waals surface area contributed by atoms with E-state index in [2.05, 4.69) is 10.3 Å². The smallest absolute Gasteiger partial charge is 0.261 e. The zero-order valence-electron chi connectivity index (χ0n) is 15.2. The van der Waals surface area contributed by atoms with E-state index in [0.29, 0.717) is 5.75 Å². The number of carbonyl (C=O) groups excluding carboxylic acids is 1. The molecule has 0 saturated carbocycles. The molecular formula is C21H23N3O2. The second-order valence-corrected chi connectivity index (χ2v) is 6.36. The molecule has 3 rings (SSSR count). The van der Waals surface area contributed by atoms with Crippen LogP contribution in [0.15, 0.2) is 67.3 Å². The van der Waals surface area contributed by atoms with Gasteiger partial charge in [0.2, 0.25) is 0 Å². The van der Waals surface area contributed by atoms with Gasteiger partial charge in [0.1, 0.15) is 5.75 Å². The van der Waals surface area contributed by atoms with Crippen molar-refractivity contribution in [2.24, 2.45) is 0 Å². The average Bonchev–Trinajstić information content (AvgIpc) is 3.18. The Morgan fingerprint density at radius 1 is 1.08 bits per heavy atom. The number of nitrogens with zero attached hydrogens (tertiary/aromatic N) is 2. The van der Waals surface area contributed by atoms with E-state index in [9.17, 15) is 4.79 Å². The Labute approximate surface area is 153 Å². The molecule has 5 nitrogen and oxygen atoms in total. The molecular weight excluding hydrogens is 326 g/mol. The van der Waals surface area contributed by atoms with Crippen molar-refractivity contribution < 1.29 is 9.53 Å². The Morgan fingerprint density at radius 2 is 1.77 bits per heavy atom. The van der Waals surface area contributed by atoms with Gasteiger partial charge in [0.15, 0.2) is 6.10 Å². The Morgan fingerprint density at radius 3 is 2.38 bits per heavy atom. The van der Waals surface area contributed by atoms with E-state index in [1.165, 1.54) is 0 Å². The predicted molar refractivity (Wildman–Crippen MR) is 101 cm³/mol. The summed E-state index contributed by atoms with van der Waals surface area (Å²) >= 11 is 0. The maximum Gasteiger partial charge on any atom is 0.261 e. The van der Waals surface area contributed by atoms with Crippen molar-refractivity contribution in [2.45, 2.75) is 32.9 Å². The lowest BCUT2D eigenvalue weighted by atomic mass is 10.1. The second kappa shape index (κ2) is 7.87. The highest BCUT2D eigenvalue weighted by Crippen LogP contribution is 2.17. The number of imidazole rings is 1. The number of aromatic nitrogens is 2. The molecule has 0 aliphatic rings. The van der Waals surface area contributed by atoms with E-state index in [1.54, 1.807) is 19.4 Å². The lowest BCUT2D eigenvalue weighted by molar-refractivity contribution is -0.127. The third-order valence-electron chi connectivity index (χ3n) is 4.26. The molecule has 134 valence electrons. The maximum atomic E-state index is 12.4. The normalized spacial score (nSPS) is 13.0. The number of benzene rings is 2. The number of carbonyl (C=O) groups is 1. The van der Waals surface area contributed by atoms with E-state index >= 15 is 0 Å². The topological polar surface area (TPSA) is 56.1 Å². The Kier molecular flexibility index (Phi) is 5.37. The van der Waals surface area contributed by atoms with Crippen LogP contribution >= 0.6 is 0 Å². The molecule has 1 N–H and O–H groups in total. The monoisotopic (exact) mass is 349 g/mol. The van der Waals surface area contributed by atoms with Crippen molar-refractivity contribution in [1.29, 1.82) is 0 Å². The Hall–Kier alpha value is -3.08. The third-order valence-corrected chi connectivity index (χ3v) is 4.26. The Bertz CT molecular complexity index is 840. The number of amides is 1. The summed E-state index contributed by atoms with van der Waals surface area (Å²) in [5.41, 5.74) is 3.22. The van der Waals surface area contributed by atoms with Gasteiger partial charge in [0.05, 0.1) is 12.4 Å². The van der Waals surface area contributed by atoms with E-state index in [0.717, 1.165) is 16.8 Å². The molecule has 0 unspecified atom stereocenters. The first-order valence-electron chi connectivity index (χ1n) is 8.65. The predicted octanol–water partition coefficient (Wildman–Crippen LogP) is 3.83. The van der Waals surface area contributed by atoms with Gasteiger partial charge in [-0.15, -0.1) is 0 Å². The Balaban J connectivity index is 1.58. The van der Waals surface area contributed by atoms with Gasteiger partial charge < -0.3 is 14.6 Å². The van der Waals surface area contributed by atoms with Crippen molar-refractivity contribution in [3.63, 3.8) is 0 Å².